The lowest BCUT2D eigenvalue weighted by Gasteiger charge is -2.21. The number of hydrogen-bond acceptors (Lipinski definition) is 4. The lowest BCUT2D eigenvalue weighted by Crippen LogP contribution is -2.23. The molecule has 1 unspecified atom stereocenters. The normalized spacial score (nSPS) is 17.0. The van der Waals surface area contributed by atoms with Crippen LogP contribution in [-0.2, 0) is 11.8 Å². The number of nitrogens with one attached hydrogen (secondary N) is 1. The maximum absolute atomic E-state index is 12.0. The molecule has 1 amide bonds. The summed E-state index contributed by atoms with van der Waals surface area (Å²) in [5.74, 6) is 0.844. The van der Waals surface area contributed by atoms with E-state index in [2.05, 4.69) is 34.5 Å². The van der Waals surface area contributed by atoms with E-state index in [1.54, 1.807) is 16.0 Å². The largest absolute Gasteiger partial charge is 0.311 e. The van der Waals surface area contributed by atoms with Crippen LogP contribution in [0.3, 0.4) is 0 Å². The molecule has 1 aliphatic heterocycles. The summed E-state index contributed by atoms with van der Waals surface area (Å²) in [5.41, 5.74) is 3.42. The third-order valence-electron chi connectivity index (χ3n) is 4.23. The molecule has 5 nitrogen and oxygen atoms in total. The lowest BCUT2D eigenvalue weighted by molar-refractivity contribution is -0.116. The predicted octanol–water partition coefficient (Wildman–Crippen LogP) is 3.33. The summed E-state index contributed by atoms with van der Waals surface area (Å²) < 4.78 is 1.71. The van der Waals surface area contributed by atoms with Crippen molar-refractivity contribution >= 4 is 23.1 Å². The maximum atomic E-state index is 12.0. The monoisotopic (exact) mass is 324 g/mol. The van der Waals surface area contributed by atoms with E-state index in [1.807, 2.05) is 31.6 Å². The Morgan fingerprint density at radius 1 is 1.30 bits per heavy atom. The van der Waals surface area contributed by atoms with Crippen molar-refractivity contribution in [3.63, 3.8) is 0 Å². The molecule has 0 bridgehead atoms. The van der Waals surface area contributed by atoms with Crippen molar-refractivity contribution in [3.8, 4) is 10.6 Å². The van der Waals surface area contributed by atoms with Gasteiger partial charge in [0.15, 0.2) is 0 Å². The first kappa shape index (κ1) is 14.1. The fourth-order valence-electron chi connectivity index (χ4n) is 2.98. The van der Waals surface area contributed by atoms with Crippen molar-refractivity contribution in [2.24, 2.45) is 7.05 Å². The Morgan fingerprint density at radius 2 is 2.13 bits per heavy atom. The van der Waals surface area contributed by atoms with Crippen LogP contribution in [-0.4, -0.2) is 20.7 Å². The van der Waals surface area contributed by atoms with Crippen LogP contribution in [0.5, 0.6) is 0 Å². The molecular weight excluding hydrogens is 308 g/mol. The number of amides is 1. The van der Waals surface area contributed by atoms with E-state index in [0.717, 1.165) is 26.8 Å². The van der Waals surface area contributed by atoms with Crippen LogP contribution in [0.2, 0.25) is 0 Å². The van der Waals surface area contributed by atoms with Gasteiger partial charge in [-0.3, -0.25) is 9.48 Å². The van der Waals surface area contributed by atoms with Gasteiger partial charge in [-0.1, -0.05) is 24.3 Å². The first-order chi connectivity index (χ1) is 11.1. The molecule has 1 N–H and O–H groups in total. The first-order valence-electron chi connectivity index (χ1n) is 7.47. The van der Waals surface area contributed by atoms with E-state index in [-0.39, 0.29) is 11.8 Å². The van der Waals surface area contributed by atoms with E-state index in [1.165, 1.54) is 5.56 Å². The lowest BCUT2D eigenvalue weighted by atomic mass is 9.93. The number of benzene rings is 1. The summed E-state index contributed by atoms with van der Waals surface area (Å²) in [6, 6.07) is 8.22. The highest BCUT2D eigenvalue weighted by Crippen LogP contribution is 2.40. The van der Waals surface area contributed by atoms with E-state index in [4.69, 9.17) is 0 Å². The zero-order chi connectivity index (χ0) is 16.0. The smallest absolute Gasteiger partial charge is 0.226 e. The van der Waals surface area contributed by atoms with Gasteiger partial charge in [0, 0.05) is 41.6 Å². The number of carbonyl (C=O) groups excluding carboxylic acids is 1. The van der Waals surface area contributed by atoms with Crippen LogP contribution in [0.25, 0.3) is 10.6 Å². The Bertz CT molecular complexity index is 896. The minimum Gasteiger partial charge on any atom is -0.311 e. The average Bonchev–Trinajstić information content (AvgIpc) is 3.15. The summed E-state index contributed by atoms with van der Waals surface area (Å²) in [6.07, 6.45) is 4.17. The van der Waals surface area contributed by atoms with E-state index in [9.17, 15) is 4.79 Å². The molecule has 6 heteroatoms. The molecule has 0 saturated carbocycles. The van der Waals surface area contributed by atoms with Crippen molar-refractivity contribution in [1.29, 1.82) is 0 Å². The standard InChI is InChI=1S/C17H16N4OS/c1-10-5-3-4-6-11(10)17-18-9-14(23-17)12-7-15(22)20-16-13(12)8-19-21(16)2/h3-6,8-9,12H,7H2,1-2H3,(H,20,22). The molecule has 4 rings (SSSR count). The SMILES string of the molecule is Cc1ccccc1-c1ncc(C2CC(=O)Nc3c2cnn3C)s1. The second kappa shape index (κ2) is 5.31. The minimum atomic E-state index is 0.0249. The molecule has 3 heterocycles. The van der Waals surface area contributed by atoms with Gasteiger partial charge < -0.3 is 5.32 Å². The minimum absolute atomic E-state index is 0.0249. The zero-order valence-corrected chi connectivity index (χ0v) is 13.7. The van der Waals surface area contributed by atoms with Gasteiger partial charge in [-0.15, -0.1) is 11.3 Å². The van der Waals surface area contributed by atoms with E-state index < -0.39 is 0 Å². The number of anilines is 1. The van der Waals surface area contributed by atoms with Crippen LogP contribution < -0.4 is 5.32 Å². The Hall–Kier alpha value is -2.47. The van der Waals surface area contributed by atoms with Gasteiger partial charge >= 0.3 is 0 Å². The summed E-state index contributed by atoms with van der Waals surface area (Å²) >= 11 is 1.65. The fraction of sp³-hybridized carbons (Fsp3) is 0.235. The van der Waals surface area contributed by atoms with E-state index >= 15 is 0 Å². The molecule has 1 atom stereocenters. The second-order valence-corrected chi connectivity index (χ2v) is 6.82. The number of nitrogens with zero attached hydrogens (tertiary/aromatic N) is 3. The molecule has 0 fully saturated rings. The quantitative estimate of drug-likeness (QED) is 0.786. The van der Waals surface area contributed by atoms with Crippen LogP contribution in [0.4, 0.5) is 5.82 Å². The molecule has 1 aromatic carbocycles. The highest BCUT2D eigenvalue weighted by Gasteiger charge is 2.30. The van der Waals surface area contributed by atoms with Crippen molar-refractivity contribution < 1.29 is 4.79 Å². The number of carbonyl (C=O) groups is 1. The first-order valence-corrected chi connectivity index (χ1v) is 8.28. The average molecular weight is 324 g/mol. The van der Waals surface area contributed by atoms with Crippen LogP contribution in [0, 0.1) is 6.92 Å². The second-order valence-electron chi connectivity index (χ2n) is 5.76. The van der Waals surface area contributed by atoms with Gasteiger partial charge in [0.25, 0.3) is 0 Å². The number of thiazole rings is 1. The van der Waals surface area contributed by atoms with Crippen molar-refractivity contribution in [1.82, 2.24) is 14.8 Å². The highest BCUT2D eigenvalue weighted by atomic mass is 32.1. The summed E-state index contributed by atoms with van der Waals surface area (Å²) in [7, 11) is 1.84. The van der Waals surface area contributed by atoms with Crippen molar-refractivity contribution in [3.05, 3.63) is 52.7 Å². The van der Waals surface area contributed by atoms with Crippen LogP contribution in [0.1, 0.15) is 28.3 Å². The van der Waals surface area contributed by atoms with Gasteiger partial charge in [0.1, 0.15) is 10.8 Å². The summed E-state index contributed by atoms with van der Waals surface area (Å²) in [6.45, 7) is 2.09. The molecule has 0 aliphatic carbocycles. The molecule has 116 valence electrons. The molecule has 0 radical (unpaired) electrons. The Morgan fingerprint density at radius 3 is 2.96 bits per heavy atom. The zero-order valence-electron chi connectivity index (χ0n) is 12.9. The molecule has 1 aliphatic rings. The third kappa shape index (κ3) is 2.35. The van der Waals surface area contributed by atoms with Gasteiger partial charge in [-0.25, -0.2) is 4.98 Å². The third-order valence-corrected chi connectivity index (χ3v) is 5.38. The highest BCUT2D eigenvalue weighted by molar-refractivity contribution is 7.15. The van der Waals surface area contributed by atoms with Gasteiger partial charge in [-0.2, -0.15) is 5.10 Å². The fourth-order valence-corrected chi connectivity index (χ4v) is 4.11. The predicted molar refractivity (Wildman–Crippen MR) is 90.6 cm³/mol. The summed E-state index contributed by atoms with van der Waals surface area (Å²) in [4.78, 5) is 17.7. The van der Waals surface area contributed by atoms with Crippen molar-refractivity contribution in [2.45, 2.75) is 19.3 Å². The Balaban J connectivity index is 1.75. The molecule has 2 aromatic heterocycles. The number of fused-ring (bicyclic) bond motifs is 1. The van der Waals surface area contributed by atoms with Gasteiger partial charge in [0.05, 0.1) is 6.20 Å². The number of aromatic nitrogens is 3. The molecular formula is C17H16N4OS. The summed E-state index contributed by atoms with van der Waals surface area (Å²) in [5, 5.41) is 8.17. The van der Waals surface area contributed by atoms with Crippen molar-refractivity contribution in [2.75, 3.05) is 5.32 Å². The molecule has 0 saturated heterocycles. The number of aryl methyl sites for hydroxylation is 2. The van der Waals surface area contributed by atoms with Crippen LogP contribution >= 0.6 is 11.3 Å². The molecule has 3 aromatic rings. The Labute approximate surface area is 138 Å². The van der Waals surface area contributed by atoms with Crippen LogP contribution in [0.15, 0.2) is 36.7 Å². The topological polar surface area (TPSA) is 59.8 Å². The molecule has 0 spiro atoms. The number of hydrogen-bond donors (Lipinski definition) is 1. The molecule has 23 heavy (non-hydrogen) atoms. The van der Waals surface area contributed by atoms with Gasteiger partial charge in [0.2, 0.25) is 5.91 Å². The Kier molecular flexibility index (Phi) is 3.27. The maximum Gasteiger partial charge on any atom is 0.226 e. The van der Waals surface area contributed by atoms with E-state index in [0.29, 0.717) is 6.42 Å². The van der Waals surface area contributed by atoms with Gasteiger partial charge in [-0.05, 0) is 12.5 Å². The number of rotatable bonds is 2.